The number of benzene rings is 1. The molecule has 1 aromatic heterocycles. The van der Waals surface area contributed by atoms with E-state index in [1.165, 1.54) is 18.7 Å². The standard InChI is InChI=1S/C28H34O6/c1-6-10-21-13-14-22(19(3)15-21)16-20(4)27(31)26-23(29)17-24(34-28(26)32)18(2)11-8-7-9-12-25(30)33-5/h7,9,13-18,29H,6,8,10-12H2,1-5H3/b9-7+,20-16?. The number of aryl methyl sites for hydroxylation is 2. The predicted molar refractivity (Wildman–Crippen MR) is 133 cm³/mol. The van der Waals surface area contributed by atoms with Gasteiger partial charge in [-0.2, -0.15) is 0 Å². The molecule has 0 saturated carbocycles. The number of ketones is 1. The van der Waals surface area contributed by atoms with Crippen LogP contribution in [0.4, 0.5) is 0 Å². The van der Waals surface area contributed by atoms with Crippen molar-refractivity contribution in [3.8, 4) is 5.75 Å². The number of hydrogen-bond donors (Lipinski definition) is 1. The number of rotatable bonds is 11. The third-order valence-electron chi connectivity index (χ3n) is 5.71. The van der Waals surface area contributed by atoms with Crippen molar-refractivity contribution in [1.29, 1.82) is 0 Å². The lowest BCUT2D eigenvalue weighted by atomic mass is 9.97. The quantitative estimate of drug-likeness (QED) is 0.192. The third-order valence-corrected chi connectivity index (χ3v) is 5.71. The maximum Gasteiger partial charge on any atom is 0.351 e. The fraction of sp³-hybridized carbons (Fsp3) is 0.393. The molecule has 6 nitrogen and oxygen atoms in total. The zero-order valence-electron chi connectivity index (χ0n) is 20.6. The maximum atomic E-state index is 12.9. The number of ether oxygens (including phenoxy) is 1. The fourth-order valence-corrected chi connectivity index (χ4v) is 3.66. The average molecular weight is 467 g/mol. The molecule has 0 aliphatic heterocycles. The number of methoxy groups -OCH3 is 1. The van der Waals surface area contributed by atoms with Crippen LogP contribution in [0.1, 0.15) is 85.2 Å². The SMILES string of the molecule is CCCc1ccc(C=C(C)C(=O)c2c(O)cc(C(C)CC/C=C/CC(=O)OC)oc2=O)c(C)c1. The second kappa shape index (κ2) is 12.7. The van der Waals surface area contributed by atoms with Gasteiger partial charge < -0.3 is 14.3 Å². The highest BCUT2D eigenvalue weighted by atomic mass is 16.5. The summed E-state index contributed by atoms with van der Waals surface area (Å²) in [4.78, 5) is 36.6. The summed E-state index contributed by atoms with van der Waals surface area (Å²) in [7, 11) is 1.34. The van der Waals surface area contributed by atoms with Gasteiger partial charge >= 0.3 is 11.6 Å². The molecule has 0 aliphatic rings. The van der Waals surface area contributed by atoms with Gasteiger partial charge in [-0.3, -0.25) is 9.59 Å². The second-order valence-electron chi connectivity index (χ2n) is 8.52. The first-order valence-corrected chi connectivity index (χ1v) is 11.6. The molecule has 182 valence electrons. The van der Waals surface area contributed by atoms with E-state index in [1.807, 2.05) is 32.1 Å². The monoisotopic (exact) mass is 466 g/mol. The van der Waals surface area contributed by atoms with Crippen LogP contribution >= 0.6 is 0 Å². The van der Waals surface area contributed by atoms with E-state index in [1.54, 1.807) is 19.1 Å². The van der Waals surface area contributed by atoms with Crippen LogP contribution in [0.3, 0.4) is 0 Å². The summed E-state index contributed by atoms with van der Waals surface area (Å²) in [5, 5.41) is 10.5. The smallest absolute Gasteiger partial charge is 0.351 e. The van der Waals surface area contributed by atoms with E-state index in [-0.39, 0.29) is 29.6 Å². The first-order chi connectivity index (χ1) is 16.2. The summed E-state index contributed by atoms with van der Waals surface area (Å²) in [5.41, 5.74) is 2.30. The molecule has 2 aromatic rings. The molecular formula is C28H34O6. The van der Waals surface area contributed by atoms with E-state index >= 15 is 0 Å². The largest absolute Gasteiger partial charge is 0.507 e. The van der Waals surface area contributed by atoms with Crippen LogP contribution < -0.4 is 5.63 Å². The average Bonchev–Trinajstić information content (AvgIpc) is 2.79. The Labute approximate surface area is 201 Å². The van der Waals surface area contributed by atoms with E-state index in [9.17, 15) is 19.5 Å². The molecule has 6 heteroatoms. The van der Waals surface area contributed by atoms with Crippen molar-refractivity contribution < 1.29 is 23.8 Å². The van der Waals surface area contributed by atoms with Crippen LogP contribution in [-0.2, 0) is 16.0 Å². The summed E-state index contributed by atoms with van der Waals surface area (Å²) < 4.78 is 9.96. The fourth-order valence-electron chi connectivity index (χ4n) is 3.66. The highest BCUT2D eigenvalue weighted by molar-refractivity contribution is 6.12. The van der Waals surface area contributed by atoms with Crippen molar-refractivity contribution in [3.05, 3.63) is 80.4 Å². The highest BCUT2D eigenvalue weighted by Crippen LogP contribution is 2.26. The Bertz CT molecular complexity index is 1140. The van der Waals surface area contributed by atoms with Crippen LogP contribution in [0.25, 0.3) is 6.08 Å². The third kappa shape index (κ3) is 7.30. The zero-order valence-corrected chi connectivity index (χ0v) is 20.6. The molecule has 0 bridgehead atoms. The van der Waals surface area contributed by atoms with E-state index < -0.39 is 11.4 Å². The number of carbonyl (C=O) groups excluding carboxylic acids is 2. The van der Waals surface area contributed by atoms with Crippen LogP contribution in [0.5, 0.6) is 5.75 Å². The van der Waals surface area contributed by atoms with Crippen LogP contribution in [-0.4, -0.2) is 24.0 Å². The van der Waals surface area contributed by atoms with Gasteiger partial charge in [-0.05, 0) is 61.4 Å². The summed E-state index contributed by atoms with van der Waals surface area (Å²) in [6.07, 6.45) is 8.85. The highest BCUT2D eigenvalue weighted by Gasteiger charge is 2.22. The van der Waals surface area contributed by atoms with Gasteiger partial charge in [0.1, 0.15) is 17.1 Å². The summed E-state index contributed by atoms with van der Waals surface area (Å²) in [6, 6.07) is 7.44. The Morgan fingerprint density at radius 1 is 1.21 bits per heavy atom. The molecule has 0 amide bonds. The molecule has 0 saturated heterocycles. The van der Waals surface area contributed by atoms with Crippen molar-refractivity contribution >= 4 is 17.8 Å². The van der Waals surface area contributed by atoms with Gasteiger partial charge in [0.2, 0.25) is 0 Å². The Kier molecular flexibility index (Phi) is 10.0. The lowest BCUT2D eigenvalue weighted by Crippen LogP contribution is -2.16. The molecule has 1 unspecified atom stereocenters. The maximum absolute atomic E-state index is 12.9. The first-order valence-electron chi connectivity index (χ1n) is 11.6. The van der Waals surface area contributed by atoms with Gasteiger partial charge in [-0.15, -0.1) is 0 Å². The molecule has 1 N–H and O–H groups in total. The van der Waals surface area contributed by atoms with E-state index in [2.05, 4.69) is 17.7 Å². The predicted octanol–water partition coefficient (Wildman–Crippen LogP) is 5.90. The molecule has 0 aliphatic carbocycles. The number of allylic oxidation sites excluding steroid dienone is 2. The van der Waals surface area contributed by atoms with Gasteiger partial charge in [0.05, 0.1) is 13.5 Å². The van der Waals surface area contributed by atoms with Crippen molar-refractivity contribution in [1.82, 2.24) is 0 Å². The minimum Gasteiger partial charge on any atom is -0.507 e. The van der Waals surface area contributed by atoms with E-state index in [4.69, 9.17) is 4.42 Å². The molecule has 0 radical (unpaired) electrons. The summed E-state index contributed by atoms with van der Waals surface area (Å²) >= 11 is 0. The van der Waals surface area contributed by atoms with Crippen molar-refractivity contribution in [2.24, 2.45) is 0 Å². The molecule has 2 rings (SSSR count). The Balaban J connectivity index is 2.15. The van der Waals surface area contributed by atoms with Crippen LogP contribution in [0.2, 0.25) is 0 Å². The number of carbonyl (C=O) groups is 2. The molecule has 1 heterocycles. The number of hydrogen-bond acceptors (Lipinski definition) is 6. The van der Waals surface area contributed by atoms with E-state index in [0.29, 0.717) is 24.2 Å². The number of esters is 1. The minimum atomic E-state index is -0.851. The van der Waals surface area contributed by atoms with Crippen molar-refractivity contribution in [2.75, 3.05) is 7.11 Å². The molecule has 0 fully saturated rings. The molecule has 1 aromatic carbocycles. The Morgan fingerprint density at radius 2 is 1.94 bits per heavy atom. The topological polar surface area (TPSA) is 93.8 Å². The number of Topliss-reactive ketones (excluding diaryl/α,β-unsaturated/α-hetero) is 1. The molecule has 34 heavy (non-hydrogen) atoms. The van der Waals surface area contributed by atoms with Gasteiger partial charge in [0.15, 0.2) is 5.78 Å². The van der Waals surface area contributed by atoms with Crippen molar-refractivity contribution in [3.63, 3.8) is 0 Å². The lowest BCUT2D eigenvalue weighted by molar-refractivity contribution is -0.139. The van der Waals surface area contributed by atoms with Gasteiger partial charge in [0, 0.05) is 12.0 Å². The minimum absolute atomic E-state index is 0.161. The van der Waals surface area contributed by atoms with Crippen LogP contribution in [0, 0.1) is 6.92 Å². The molecule has 0 spiro atoms. The summed E-state index contributed by atoms with van der Waals surface area (Å²) in [5.74, 6) is -1.11. The van der Waals surface area contributed by atoms with Gasteiger partial charge in [-0.25, -0.2) is 4.79 Å². The van der Waals surface area contributed by atoms with E-state index in [0.717, 1.165) is 24.0 Å². The second-order valence-corrected chi connectivity index (χ2v) is 8.52. The zero-order chi connectivity index (χ0) is 25.3. The van der Waals surface area contributed by atoms with Crippen LogP contribution in [0.15, 0.2) is 51.2 Å². The van der Waals surface area contributed by atoms with Gasteiger partial charge in [-0.1, -0.05) is 50.6 Å². The lowest BCUT2D eigenvalue weighted by Gasteiger charge is -2.11. The summed E-state index contributed by atoms with van der Waals surface area (Å²) in [6.45, 7) is 7.59. The van der Waals surface area contributed by atoms with Crippen molar-refractivity contribution in [2.45, 2.75) is 65.7 Å². The Morgan fingerprint density at radius 3 is 2.56 bits per heavy atom. The molecular weight excluding hydrogens is 432 g/mol. The number of aromatic hydroxyl groups is 1. The Hall–Kier alpha value is -3.41. The molecule has 1 atom stereocenters. The van der Waals surface area contributed by atoms with Gasteiger partial charge in [0.25, 0.3) is 0 Å². The first kappa shape index (κ1) is 26.8. The normalized spacial score (nSPS) is 12.7.